The second-order valence-electron chi connectivity index (χ2n) is 8.44. The summed E-state index contributed by atoms with van der Waals surface area (Å²) in [6, 6.07) is 10.2. The van der Waals surface area contributed by atoms with Gasteiger partial charge in [-0.15, -0.1) is 0 Å². The van der Waals surface area contributed by atoms with Crippen LogP contribution in [0.4, 0.5) is 11.8 Å². The summed E-state index contributed by atoms with van der Waals surface area (Å²) in [6.45, 7) is 5.68. The number of carbonyl (C=O) groups is 1. The van der Waals surface area contributed by atoms with Crippen LogP contribution in [-0.4, -0.2) is 54.2 Å². The first kappa shape index (κ1) is 22.9. The first-order valence-electron chi connectivity index (χ1n) is 11.6. The van der Waals surface area contributed by atoms with E-state index in [0.29, 0.717) is 25.6 Å². The Balaban J connectivity index is 1.38. The summed E-state index contributed by atoms with van der Waals surface area (Å²) < 4.78 is 5.03. The SMILES string of the molecule is COCCCNC(=O)C1CCN(c2nccc3nc(NCc4ccccc4C)ncc23)CC1. The molecule has 8 heteroatoms. The molecule has 1 aliphatic rings. The summed E-state index contributed by atoms with van der Waals surface area (Å²) >= 11 is 0. The molecule has 2 aromatic heterocycles. The number of aromatic nitrogens is 3. The van der Waals surface area contributed by atoms with E-state index in [4.69, 9.17) is 9.72 Å². The monoisotopic (exact) mass is 448 g/mol. The van der Waals surface area contributed by atoms with Gasteiger partial charge in [-0.25, -0.2) is 15.0 Å². The lowest BCUT2D eigenvalue weighted by atomic mass is 9.95. The van der Waals surface area contributed by atoms with E-state index in [-0.39, 0.29) is 11.8 Å². The van der Waals surface area contributed by atoms with Crippen LogP contribution in [-0.2, 0) is 16.1 Å². The van der Waals surface area contributed by atoms with E-state index in [9.17, 15) is 4.79 Å². The molecule has 1 aliphatic heterocycles. The largest absolute Gasteiger partial charge is 0.385 e. The summed E-state index contributed by atoms with van der Waals surface area (Å²) in [5.41, 5.74) is 3.33. The number of nitrogens with zero attached hydrogens (tertiary/aromatic N) is 4. The van der Waals surface area contributed by atoms with Gasteiger partial charge in [0.1, 0.15) is 5.82 Å². The molecule has 174 valence electrons. The lowest BCUT2D eigenvalue weighted by Gasteiger charge is -2.32. The highest BCUT2D eigenvalue weighted by Crippen LogP contribution is 2.28. The number of amides is 1. The normalized spacial score (nSPS) is 14.4. The summed E-state index contributed by atoms with van der Waals surface area (Å²) in [4.78, 5) is 28.5. The number of carbonyl (C=O) groups excluding carboxylic acids is 1. The summed E-state index contributed by atoms with van der Waals surface area (Å²) in [5, 5.41) is 7.28. The van der Waals surface area contributed by atoms with Crippen molar-refractivity contribution in [1.29, 1.82) is 0 Å². The third kappa shape index (κ3) is 5.76. The standard InChI is InChI=1S/C25H32N6O2/c1-18-6-3-4-7-20(18)16-28-25-29-17-21-22(30-25)8-12-26-23(21)31-13-9-19(10-14-31)24(32)27-11-5-15-33-2/h3-4,6-8,12,17,19H,5,9-11,13-16H2,1-2H3,(H,27,32)(H,28,29,30). The Morgan fingerprint density at radius 1 is 1.18 bits per heavy atom. The quantitative estimate of drug-likeness (QED) is 0.485. The Kier molecular flexibility index (Phi) is 7.67. The van der Waals surface area contributed by atoms with Gasteiger partial charge in [0.15, 0.2) is 0 Å². The molecule has 33 heavy (non-hydrogen) atoms. The number of aryl methyl sites for hydroxylation is 1. The van der Waals surface area contributed by atoms with Gasteiger partial charge < -0.3 is 20.3 Å². The predicted octanol–water partition coefficient (Wildman–Crippen LogP) is 3.31. The van der Waals surface area contributed by atoms with Crippen molar-refractivity contribution in [2.24, 2.45) is 5.92 Å². The minimum absolute atomic E-state index is 0.0484. The topological polar surface area (TPSA) is 92.3 Å². The molecule has 0 aliphatic carbocycles. The number of rotatable bonds is 9. The zero-order valence-electron chi connectivity index (χ0n) is 19.4. The fourth-order valence-electron chi connectivity index (χ4n) is 4.19. The maximum absolute atomic E-state index is 12.4. The van der Waals surface area contributed by atoms with Crippen LogP contribution in [0.1, 0.15) is 30.4 Å². The predicted molar refractivity (Wildman–Crippen MR) is 130 cm³/mol. The zero-order valence-corrected chi connectivity index (χ0v) is 19.4. The highest BCUT2D eigenvalue weighted by Gasteiger charge is 2.26. The Labute approximate surface area is 194 Å². The van der Waals surface area contributed by atoms with E-state index < -0.39 is 0 Å². The lowest BCUT2D eigenvalue weighted by molar-refractivity contribution is -0.125. The molecule has 1 amide bonds. The van der Waals surface area contributed by atoms with Crippen molar-refractivity contribution >= 4 is 28.6 Å². The van der Waals surface area contributed by atoms with Gasteiger partial charge in [-0.3, -0.25) is 4.79 Å². The minimum atomic E-state index is 0.0484. The molecule has 0 unspecified atom stereocenters. The second-order valence-corrected chi connectivity index (χ2v) is 8.44. The van der Waals surface area contributed by atoms with Crippen molar-refractivity contribution in [3.05, 3.63) is 53.9 Å². The van der Waals surface area contributed by atoms with E-state index in [1.165, 1.54) is 11.1 Å². The van der Waals surface area contributed by atoms with Crippen LogP contribution in [0.5, 0.6) is 0 Å². The van der Waals surface area contributed by atoms with Crippen molar-refractivity contribution < 1.29 is 9.53 Å². The Morgan fingerprint density at radius 3 is 2.79 bits per heavy atom. The molecule has 3 heterocycles. The molecule has 0 bridgehead atoms. The average Bonchev–Trinajstić information content (AvgIpc) is 2.85. The van der Waals surface area contributed by atoms with Crippen molar-refractivity contribution in [3.8, 4) is 0 Å². The molecular formula is C25H32N6O2. The fraction of sp³-hybridized carbons (Fsp3) is 0.440. The smallest absolute Gasteiger partial charge is 0.223 e. The van der Waals surface area contributed by atoms with Gasteiger partial charge in [0.2, 0.25) is 11.9 Å². The van der Waals surface area contributed by atoms with Crippen LogP contribution < -0.4 is 15.5 Å². The second kappa shape index (κ2) is 11.0. The Morgan fingerprint density at radius 2 is 2.00 bits per heavy atom. The number of hydrogen-bond acceptors (Lipinski definition) is 7. The van der Waals surface area contributed by atoms with E-state index in [1.54, 1.807) is 13.3 Å². The third-order valence-electron chi connectivity index (χ3n) is 6.18. The molecule has 0 atom stereocenters. The lowest BCUT2D eigenvalue weighted by Crippen LogP contribution is -2.41. The zero-order chi connectivity index (χ0) is 23.0. The molecule has 3 aromatic rings. The number of nitrogens with one attached hydrogen (secondary N) is 2. The van der Waals surface area contributed by atoms with Crippen LogP contribution >= 0.6 is 0 Å². The molecular weight excluding hydrogens is 416 g/mol. The third-order valence-corrected chi connectivity index (χ3v) is 6.18. The van der Waals surface area contributed by atoms with Gasteiger partial charge in [-0.05, 0) is 43.4 Å². The number of methoxy groups -OCH3 is 1. The molecule has 8 nitrogen and oxygen atoms in total. The van der Waals surface area contributed by atoms with Crippen molar-refractivity contribution in [2.45, 2.75) is 32.7 Å². The van der Waals surface area contributed by atoms with E-state index in [0.717, 1.165) is 49.1 Å². The van der Waals surface area contributed by atoms with Crippen molar-refractivity contribution in [3.63, 3.8) is 0 Å². The number of benzene rings is 1. The Bertz CT molecular complexity index is 1080. The molecule has 2 N–H and O–H groups in total. The van der Waals surface area contributed by atoms with Crippen LogP contribution in [0.25, 0.3) is 10.9 Å². The highest BCUT2D eigenvalue weighted by molar-refractivity contribution is 5.89. The maximum atomic E-state index is 12.4. The maximum Gasteiger partial charge on any atom is 0.223 e. The van der Waals surface area contributed by atoms with Gasteiger partial charge >= 0.3 is 0 Å². The van der Waals surface area contributed by atoms with Gasteiger partial charge in [0.05, 0.1) is 10.9 Å². The number of fused-ring (bicyclic) bond motifs is 1. The first-order chi connectivity index (χ1) is 16.2. The average molecular weight is 449 g/mol. The minimum Gasteiger partial charge on any atom is -0.385 e. The van der Waals surface area contributed by atoms with Crippen LogP contribution in [0.2, 0.25) is 0 Å². The van der Waals surface area contributed by atoms with Gasteiger partial charge in [0, 0.05) is 58.2 Å². The first-order valence-corrected chi connectivity index (χ1v) is 11.6. The number of hydrogen-bond donors (Lipinski definition) is 2. The molecule has 1 aromatic carbocycles. The number of ether oxygens (including phenoxy) is 1. The van der Waals surface area contributed by atoms with E-state index >= 15 is 0 Å². The van der Waals surface area contributed by atoms with Crippen LogP contribution in [0.3, 0.4) is 0 Å². The summed E-state index contributed by atoms with van der Waals surface area (Å²) in [5.74, 6) is 1.68. The van der Waals surface area contributed by atoms with Crippen molar-refractivity contribution in [2.75, 3.05) is 43.6 Å². The molecule has 0 spiro atoms. The van der Waals surface area contributed by atoms with Gasteiger partial charge in [-0.1, -0.05) is 24.3 Å². The summed E-state index contributed by atoms with van der Waals surface area (Å²) in [7, 11) is 1.67. The van der Waals surface area contributed by atoms with Gasteiger partial charge in [-0.2, -0.15) is 0 Å². The van der Waals surface area contributed by atoms with Crippen LogP contribution in [0, 0.1) is 12.8 Å². The van der Waals surface area contributed by atoms with Gasteiger partial charge in [0.25, 0.3) is 0 Å². The highest BCUT2D eigenvalue weighted by atomic mass is 16.5. The summed E-state index contributed by atoms with van der Waals surface area (Å²) in [6.07, 6.45) is 6.10. The van der Waals surface area contributed by atoms with E-state index in [1.807, 2.05) is 24.4 Å². The molecule has 1 saturated heterocycles. The number of pyridine rings is 1. The number of anilines is 2. The van der Waals surface area contributed by atoms with Crippen LogP contribution in [0.15, 0.2) is 42.7 Å². The van der Waals surface area contributed by atoms with E-state index in [2.05, 4.69) is 44.6 Å². The Hall–Kier alpha value is -3.26. The number of piperidine rings is 1. The molecule has 0 radical (unpaired) electrons. The fourth-order valence-corrected chi connectivity index (χ4v) is 4.19. The molecule has 0 saturated carbocycles. The van der Waals surface area contributed by atoms with Crippen molar-refractivity contribution in [1.82, 2.24) is 20.3 Å². The molecule has 1 fully saturated rings. The molecule has 4 rings (SSSR count).